The van der Waals surface area contributed by atoms with Gasteiger partial charge in [0.25, 0.3) is 5.82 Å². The minimum absolute atomic E-state index is 1.23. The van der Waals surface area contributed by atoms with Crippen molar-refractivity contribution in [3.63, 3.8) is 0 Å². The number of aryl methyl sites for hydroxylation is 2. The first-order chi connectivity index (χ1) is 21.3. The van der Waals surface area contributed by atoms with Gasteiger partial charge in [-0.1, -0.05) is 194 Å². The van der Waals surface area contributed by atoms with Crippen molar-refractivity contribution in [3.05, 3.63) is 18.2 Å². The predicted octanol–water partition coefficient (Wildman–Crippen LogP) is 13.9. The zero-order valence-electron chi connectivity index (χ0n) is 30.3. The van der Waals surface area contributed by atoms with Crippen LogP contribution < -0.4 is 4.57 Å². The van der Waals surface area contributed by atoms with E-state index in [1.807, 2.05) is 0 Å². The summed E-state index contributed by atoms with van der Waals surface area (Å²) in [6.07, 6.45) is 52.0. The summed E-state index contributed by atoms with van der Waals surface area (Å²) < 4.78 is 5.20. The summed E-state index contributed by atoms with van der Waals surface area (Å²) >= 11 is 0. The van der Waals surface area contributed by atoms with Crippen LogP contribution in [0.2, 0.25) is 0 Å². The smallest absolute Gasteiger partial charge is 0.234 e. The van der Waals surface area contributed by atoms with Gasteiger partial charge >= 0.3 is 0 Å². The molecule has 2 heteroatoms. The monoisotopic (exact) mass is 602 g/mol. The minimum Gasteiger partial charge on any atom is -0.234 e. The number of hydrogen-bond donors (Lipinski definition) is 0. The van der Waals surface area contributed by atoms with E-state index in [2.05, 4.69) is 42.3 Å². The molecule has 0 aliphatic carbocycles. The molecule has 0 saturated carbocycles. The Bertz CT molecular complexity index is 663. The van der Waals surface area contributed by atoms with E-state index < -0.39 is 0 Å². The lowest BCUT2D eigenvalue weighted by Crippen LogP contribution is -2.37. The van der Waals surface area contributed by atoms with E-state index in [-0.39, 0.29) is 0 Å². The maximum absolute atomic E-state index is 2.60. The highest BCUT2D eigenvalue weighted by Crippen LogP contribution is 2.15. The highest BCUT2D eigenvalue weighted by atomic mass is 15.1. The van der Waals surface area contributed by atoms with Crippen LogP contribution in [0.25, 0.3) is 0 Å². The first-order valence-corrected chi connectivity index (χ1v) is 20.4. The number of nitrogens with zero attached hydrogens (tertiary/aromatic N) is 2. The number of unbranched alkanes of at least 4 members (excludes halogenated alkanes) is 29. The summed E-state index contributed by atoms with van der Waals surface area (Å²) in [6.45, 7) is 9.40. The van der Waals surface area contributed by atoms with Gasteiger partial charge in [-0.05, 0) is 32.1 Å². The fourth-order valence-corrected chi connectivity index (χ4v) is 6.83. The Hall–Kier alpha value is -0.790. The fourth-order valence-electron chi connectivity index (χ4n) is 6.83. The lowest BCUT2D eigenvalue weighted by molar-refractivity contribution is -0.704. The summed E-state index contributed by atoms with van der Waals surface area (Å²) in [7, 11) is 0. The average Bonchev–Trinajstić information content (AvgIpc) is 3.40. The minimum atomic E-state index is 1.23. The lowest BCUT2D eigenvalue weighted by Gasteiger charge is -2.06. The Kier molecular flexibility index (Phi) is 30.5. The van der Waals surface area contributed by atoms with Crippen molar-refractivity contribution >= 4 is 0 Å². The van der Waals surface area contributed by atoms with Crippen LogP contribution >= 0.6 is 0 Å². The van der Waals surface area contributed by atoms with E-state index in [4.69, 9.17) is 0 Å². The molecule has 0 fully saturated rings. The molecule has 0 atom stereocenters. The van der Waals surface area contributed by atoms with E-state index in [9.17, 15) is 0 Å². The van der Waals surface area contributed by atoms with Crippen LogP contribution in [-0.2, 0) is 19.5 Å². The molecule has 43 heavy (non-hydrogen) atoms. The molecule has 254 valence electrons. The van der Waals surface area contributed by atoms with Gasteiger partial charge in [0.15, 0.2) is 0 Å². The SMILES string of the molecule is CCCCCCCCCCCCCCCCCCCn1cc[n+](CCCCCCCCCCCCCCC)c1CCCC. The molecule has 0 N–H and O–H groups in total. The molecule has 1 rings (SSSR count). The van der Waals surface area contributed by atoms with Gasteiger partial charge in [0.2, 0.25) is 0 Å². The van der Waals surface area contributed by atoms with Gasteiger partial charge in [0, 0.05) is 6.42 Å². The van der Waals surface area contributed by atoms with Crippen LogP contribution in [0.4, 0.5) is 0 Å². The molecule has 1 heterocycles. The Labute approximate surface area is 272 Å². The summed E-state index contributed by atoms with van der Waals surface area (Å²) in [6, 6.07) is 0. The van der Waals surface area contributed by atoms with Crippen molar-refractivity contribution in [1.29, 1.82) is 0 Å². The van der Waals surface area contributed by atoms with Crippen molar-refractivity contribution in [2.75, 3.05) is 0 Å². The molecular weight excluding hydrogens is 520 g/mol. The van der Waals surface area contributed by atoms with Crippen LogP contribution in [0.15, 0.2) is 12.4 Å². The van der Waals surface area contributed by atoms with Crippen LogP contribution in [0.3, 0.4) is 0 Å². The quantitative estimate of drug-likeness (QED) is 0.0540. The number of imidazole rings is 1. The van der Waals surface area contributed by atoms with Crippen LogP contribution in [-0.4, -0.2) is 4.57 Å². The molecule has 0 aliphatic heterocycles. The van der Waals surface area contributed by atoms with Gasteiger partial charge in [0.1, 0.15) is 12.4 Å². The van der Waals surface area contributed by atoms with Gasteiger partial charge in [-0.3, -0.25) is 0 Å². The summed E-state index contributed by atoms with van der Waals surface area (Å²) in [5.41, 5.74) is 0. The van der Waals surface area contributed by atoms with Crippen LogP contribution in [0.1, 0.15) is 232 Å². The van der Waals surface area contributed by atoms with Gasteiger partial charge in [-0.25, -0.2) is 9.13 Å². The Morgan fingerprint density at radius 1 is 0.395 bits per heavy atom. The van der Waals surface area contributed by atoms with E-state index in [0.29, 0.717) is 0 Å². The van der Waals surface area contributed by atoms with Crippen molar-refractivity contribution < 1.29 is 4.57 Å². The highest BCUT2D eigenvalue weighted by Gasteiger charge is 2.16. The number of rotatable bonds is 35. The molecule has 0 unspecified atom stereocenters. The second-order valence-electron chi connectivity index (χ2n) is 14.1. The maximum Gasteiger partial charge on any atom is 0.256 e. The van der Waals surface area contributed by atoms with Gasteiger partial charge in [-0.15, -0.1) is 0 Å². The van der Waals surface area contributed by atoms with E-state index >= 15 is 0 Å². The zero-order chi connectivity index (χ0) is 30.9. The third-order valence-electron chi connectivity index (χ3n) is 9.85. The lowest BCUT2D eigenvalue weighted by atomic mass is 10.0. The maximum atomic E-state index is 2.60. The summed E-state index contributed by atoms with van der Waals surface area (Å²) in [5, 5.41) is 0. The molecular formula is C41H81N2+. The standard InChI is InChI=1S/C41H81N2/c1-4-7-10-12-14-16-18-20-21-22-23-25-27-29-31-33-35-38-43-40-39-42(41(43)36-9-6-3)37-34-32-30-28-26-24-19-17-15-13-11-8-5-2/h39-40H,4-38H2,1-3H3/q+1. The topological polar surface area (TPSA) is 8.81 Å². The number of aromatic nitrogens is 2. The summed E-state index contributed by atoms with van der Waals surface area (Å²) in [4.78, 5) is 0. The molecule has 0 saturated heterocycles. The molecule has 0 bridgehead atoms. The third-order valence-corrected chi connectivity index (χ3v) is 9.85. The molecule has 0 spiro atoms. The summed E-state index contributed by atoms with van der Waals surface area (Å²) in [5.74, 6) is 1.59. The van der Waals surface area contributed by atoms with Gasteiger partial charge in [0.05, 0.1) is 13.1 Å². The third kappa shape index (κ3) is 25.1. The average molecular weight is 602 g/mol. The van der Waals surface area contributed by atoms with Crippen molar-refractivity contribution in [2.45, 2.75) is 246 Å². The second-order valence-corrected chi connectivity index (χ2v) is 14.1. The number of hydrogen-bond acceptors (Lipinski definition) is 0. The fraction of sp³-hybridized carbons (Fsp3) is 0.927. The van der Waals surface area contributed by atoms with E-state index in [1.54, 1.807) is 5.82 Å². The molecule has 0 radical (unpaired) electrons. The second kappa shape index (κ2) is 32.6. The van der Waals surface area contributed by atoms with Crippen molar-refractivity contribution in [2.24, 2.45) is 0 Å². The van der Waals surface area contributed by atoms with Crippen LogP contribution in [0.5, 0.6) is 0 Å². The van der Waals surface area contributed by atoms with Gasteiger partial charge in [-0.2, -0.15) is 0 Å². The van der Waals surface area contributed by atoms with Gasteiger partial charge < -0.3 is 0 Å². The Morgan fingerprint density at radius 3 is 1.09 bits per heavy atom. The molecule has 0 aliphatic rings. The Balaban J connectivity index is 2.03. The normalized spacial score (nSPS) is 11.6. The molecule has 2 nitrogen and oxygen atoms in total. The first kappa shape index (κ1) is 40.2. The molecule has 0 amide bonds. The highest BCUT2D eigenvalue weighted by molar-refractivity contribution is 4.84. The predicted molar refractivity (Wildman–Crippen MR) is 193 cm³/mol. The Morgan fingerprint density at radius 2 is 0.721 bits per heavy atom. The van der Waals surface area contributed by atoms with Crippen molar-refractivity contribution in [1.82, 2.24) is 4.57 Å². The van der Waals surface area contributed by atoms with E-state index in [1.165, 1.54) is 225 Å². The van der Waals surface area contributed by atoms with Crippen molar-refractivity contribution in [3.8, 4) is 0 Å². The zero-order valence-corrected chi connectivity index (χ0v) is 30.3. The molecule has 1 aromatic heterocycles. The molecule has 0 aromatic carbocycles. The van der Waals surface area contributed by atoms with Crippen LogP contribution in [0, 0.1) is 0 Å². The molecule has 1 aromatic rings. The largest absolute Gasteiger partial charge is 0.256 e. The van der Waals surface area contributed by atoms with E-state index in [0.717, 1.165) is 0 Å². The first-order valence-electron chi connectivity index (χ1n) is 20.4.